The number of rotatable bonds is 4. The summed E-state index contributed by atoms with van der Waals surface area (Å²) >= 11 is 11.6. The Labute approximate surface area is 102 Å². The topological polar surface area (TPSA) is 76.4 Å². The molecule has 0 amide bonds. The van der Waals surface area contributed by atoms with Crippen molar-refractivity contribution in [3.05, 3.63) is 31.9 Å². The second-order valence-electron chi connectivity index (χ2n) is 2.87. The van der Waals surface area contributed by atoms with Crippen molar-refractivity contribution in [2.75, 3.05) is 19.7 Å². The van der Waals surface area contributed by atoms with Crippen LogP contribution in [0.15, 0.2) is 21.8 Å². The zero-order chi connectivity index (χ0) is 12.1. The Hall–Kier alpha value is -1.14. The van der Waals surface area contributed by atoms with Gasteiger partial charge in [-0.1, -0.05) is 23.2 Å². The van der Waals surface area contributed by atoms with Crippen LogP contribution in [0.2, 0.25) is 0 Å². The van der Waals surface area contributed by atoms with E-state index < -0.39 is 4.92 Å². The smallest absolute Gasteiger partial charge is 0.349 e. The highest BCUT2D eigenvalue weighted by Gasteiger charge is 2.29. The lowest BCUT2D eigenvalue weighted by molar-refractivity contribution is -0.423. The first-order valence-corrected chi connectivity index (χ1v) is 5.38. The molecule has 16 heavy (non-hydrogen) atoms. The molecule has 6 nitrogen and oxygen atoms in total. The first kappa shape index (κ1) is 12.9. The fourth-order valence-corrected chi connectivity index (χ4v) is 1.57. The number of hydrogen-bond acceptors (Lipinski definition) is 5. The van der Waals surface area contributed by atoms with Gasteiger partial charge in [0, 0.05) is 6.54 Å². The van der Waals surface area contributed by atoms with Crippen molar-refractivity contribution in [3.63, 3.8) is 0 Å². The lowest BCUT2D eigenvalue weighted by Crippen LogP contribution is -2.16. The van der Waals surface area contributed by atoms with Gasteiger partial charge >= 0.3 is 5.70 Å². The Morgan fingerprint density at radius 3 is 2.81 bits per heavy atom. The number of ether oxygens (including phenoxy) is 1. The number of nitrogens with one attached hydrogen (secondary N) is 2. The van der Waals surface area contributed by atoms with E-state index in [9.17, 15) is 10.1 Å². The van der Waals surface area contributed by atoms with Gasteiger partial charge in [-0.15, -0.1) is 0 Å². The summed E-state index contributed by atoms with van der Waals surface area (Å²) in [5.74, 6) is 0.0473. The summed E-state index contributed by atoms with van der Waals surface area (Å²) < 4.78 is 5.05. The fraction of sp³-hybridized carbons (Fsp3) is 0.500. The van der Waals surface area contributed by atoms with Crippen LogP contribution in [0.4, 0.5) is 0 Å². The number of allylic oxidation sites excluding steroid dienone is 1. The molecule has 1 heterocycles. The van der Waals surface area contributed by atoms with Crippen LogP contribution in [-0.4, -0.2) is 24.6 Å². The van der Waals surface area contributed by atoms with Gasteiger partial charge in [-0.2, -0.15) is 0 Å². The van der Waals surface area contributed by atoms with Crippen LogP contribution >= 0.6 is 23.2 Å². The predicted octanol–water partition coefficient (Wildman–Crippen LogP) is 1.31. The van der Waals surface area contributed by atoms with Crippen molar-refractivity contribution in [1.82, 2.24) is 10.6 Å². The number of nitro groups is 1. The van der Waals surface area contributed by atoms with E-state index in [-0.39, 0.29) is 21.8 Å². The van der Waals surface area contributed by atoms with E-state index in [1.807, 2.05) is 0 Å². The first-order chi connectivity index (χ1) is 7.57. The van der Waals surface area contributed by atoms with Crippen molar-refractivity contribution in [3.8, 4) is 0 Å². The summed E-state index contributed by atoms with van der Waals surface area (Å²) in [6.07, 6.45) is 0. The molecule has 1 aliphatic rings. The monoisotopic (exact) mass is 267 g/mol. The summed E-state index contributed by atoms with van der Waals surface area (Å²) in [6.45, 7) is 3.20. The molecule has 0 saturated carbocycles. The third-order valence-electron chi connectivity index (χ3n) is 1.76. The second kappa shape index (κ2) is 5.81. The SMILES string of the molecule is CCN/C(Cl)=C(Cl)\C(=C1/NCCO1)[N+](=O)[O-]. The molecule has 0 aromatic heterocycles. The molecule has 1 saturated heterocycles. The van der Waals surface area contributed by atoms with E-state index in [0.29, 0.717) is 19.7 Å². The molecular weight excluding hydrogens is 257 g/mol. The van der Waals surface area contributed by atoms with E-state index in [1.54, 1.807) is 6.92 Å². The molecule has 90 valence electrons. The van der Waals surface area contributed by atoms with Gasteiger partial charge in [0.15, 0.2) is 5.03 Å². The van der Waals surface area contributed by atoms with E-state index in [4.69, 9.17) is 27.9 Å². The van der Waals surface area contributed by atoms with Crippen molar-refractivity contribution < 1.29 is 9.66 Å². The molecule has 0 atom stereocenters. The molecule has 0 bridgehead atoms. The summed E-state index contributed by atoms with van der Waals surface area (Å²) in [4.78, 5) is 10.2. The fourth-order valence-electron chi connectivity index (χ4n) is 1.12. The molecule has 0 spiro atoms. The highest BCUT2D eigenvalue weighted by Crippen LogP contribution is 2.24. The molecule has 1 aliphatic heterocycles. The molecular formula is C8H11Cl2N3O3. The summed E-state index contributed by atoms with van der Waals surface area (Å²) in [5, 5.41) is 16.1. The lowest BCUT2D eigenvalue weighted by Gasteiger charge is -2.05. The third-order valence-corrected chi connectivity index (χ3v) is 2.55. The Balaban J connectivity index is 3.08. The number of nitrogens with zero attached hydrogens (tertiary/aromatic N) is 1. The van der Waals surface area contributed by atoms with Gasteiger partial charge in [-0.25, -0.2) is 0 Å². The van der Waals surface area contributed by atoms with E-state index >= 15 is 0 Å². The maximum atomic E-state index is 10.9. The summed E-state index contributed by atoms with van der Waals surface area (Å²) in [5.41, 5.74) is -0.356. The van der Waals surface area contributed by atoms with Crippen molar-refractivity contribution in [2.45, 2.75) is 6.92 Å². The van der Waals surface area contributed by atoms with Gasteiger partial charge in [-0.3, -0.25) is 10.1 Å². The van der Waals surface area contributed by atoms with Crippen LogP contribution in [-0.2, 0) is 4.74 Å². The van der Waals surface area contributed by atoms with E-state index in [1.165, 1.54) is 0 Å². The normalized spacial score (nSPS) is 19.4. The minimum Gasteiger partial charge on any atom is -0.472 e. The van der Waals surface area contributed by atoms with Gasteiger partial charge in [0.05, 0.1) is 11.5 Å². The molecule has 0 aromatic carbocycles. The molecule has 8 heteroatoms. The Morgan fingerprint density at radius 2 is 2.38 bits per heavy atom. The van der Waals surface area contributed by atoms with E-state index in [2.05, 4.69) is 10.6 Å². The lowest BCUT2D eigenvalue weighted by atomic mass is 10.4. The largest absolute Gasteiger partial charge is 0.472 e. The zero-order valence-electron chi connectivity index (χ0n) is 8.55. The standard InChI is InChI=1S/C8H11Cl2N3O3/c1-2-11-7(10)5(9)6(13(14)15)8-12-3-4-16-8/h11-12H,2-4H2,1H3/b7-5+,8-6-. The quantitative estimate of drug-likeness (QED) is 0.456. The minimum absolute atomic E-state index is 0.0284. The zero-order valence-corrected chi connectivity index (χ0v) is 10.1. The molecule has 0 radical (unpaired) electrons. The molecule has 1 fully saturated rings. The van der Waals surface area contributed by atoms with Gasteiger partial charge in [0.2, 0.25) is 0 Å². The summed E-state index contributed by atoms with van der Waals surface area (Å²) in [7, 11) is 0. The Kier molecular flexibility index (Phi) is 4.70. The van der Waals surface area contributed by atoms with E-state index in [0.717, 1.165) is 0 Å². The molecule has 1 rings (SSSR count). The minimum atomic E-state index is -0.629. The maximum absolute atomic E-state index is 10.9. The molecule has 0 aromatic rings. The number of hydrogen-bond donors (Lipinski definition) is 2. The van der Waals surface area contributed by atoms with Crippen LogP contribution in [0.1, 0.15) is 6.92 Å². The maximum Gasteiger partial charge on any atom is 0.349 e. The van der Waals surface area contributed by atoms with Gasteiger partial charge in [0.1, 0.15) is 11.8 Å². The van der Waals surface area contributed by atoms with Gasteiger partial charge in [0.25, 0.3) is 5.88 Å². The number of halogens is 2. The highest BCUT2D eigenvalue weighted by molar-refractivity contribution is 6.40. The third kappa shape index (κ3) is 2.93. The average Bonchev–Trinajstić information content (AvgIpc) is 2.71. The van der Waals surface area contributed by atoms with Gasteiger partial charge in [-0.05, 0) is 6.92 Å². The Morgan fingerprint density at radius 1 is 1.69 bits per heavy atom. The average molecular weight is 268 g/mol. The van der Waals surface area contributed by atoms with Crippen molar-refractivity contribution in [1.29, 1.82) is 0 Å². The first-order valence-electron chi connectivity index (χ1n) is 4.62. The van der Waals surface area contributed by atoms with Crippen LogP contribution in [0.25, 0.3) is 0 Å². The van der Waals surface area contributed by atoms with Gasteiger partial charge < -0.3 is 15.4 Å². The highest BCUT2D eigenvalue weighted by atomic mass is 35.5. The molecule has 0 aliphatic carbocycles. The molecule has 0 unspecified atom stereocenters. The van der Waals surface area contributed by atoms with Crippen LogP contribution < -0.4 is 10.6 Å². The predicted molar refractivity (Wildman–Crippen MR) is 60.4 cm³/mol. The summed E-state index contributed by atoms with van der Waals surface area (Å²) in [6, 6.07) is 0. The molecule has 2 N–H and O–H groups in total. The van der Waals surface area contributed by atoms with Crippen LogP contribution in [0.3, 0.4) is 0 Å². The van der Waals surface area contributed by atoms with Crippen LogP contribution in [0.5, 0.6) is 0 Å². The van der Waals surface area contributed by atoms with Crippen molar-refractivity contribution >= 4 is 23.2 Å². The van der Waals surface area contributed by atoms with Crippen LogP contribution in [0, 0.1) is 10.1 Å². The Bertz CT molecular complexity index is 346. The second-order valence-corrected chi connectivity index (χ2v) is 3.62. The van der Waals surface area contributed by atoms with Crippen molar-refractivity contribution in [2.24, 2.45) is 0 Å².